The highest BCUT2D eigenvalue weighted by Gasteiger charge is 2.14. The van der Waals surface area contributed by atoms with Crippen molar-refractivity contribution in [1.82, 2.24) is 4.90 Å². The van der Waals surface area contributed by atoms with Crippen LogP contribution in [0.5, 0.6) is 0 Å². The molecule has 0 fully saturated rings. The molecular formula is C14H21FN2O2. The molecule has 0 saturated heterocycles. The summed E-state index contributed by atoms with van der Waals surface area (Å²) in [4.78, 5) is 13.2. The van der Waals surface area contributed by atoms with E-state index in [1.54, 1.807) is 0 Å². The van der Waals surface area contributed by atoms with Crippen molar-refractivity contribution in [3.05, 3.63) is 35.1 Å². The van der Waals surface area contributed by atoms with Gasteiger partial charge in [-0.15, -0.1) is 0 Å². The number of carbonyl (C=O) groups is 1. The van der Waals surface area contributed by atoms with Crippen LogP contribution in [-0.4, -0.2) is 35.1 Å². The van der Waals surface area contributed by atoms with Crippen LogP contribution in [0.15, 0.2) is 18.2 Å². The number of carbonyl (C=O) groups excluding carboxylic acids is 1. The van der Waals surface area contributed by atoms with Crippen molar-refractivity contribution in [3.8, 4) is 0 Å². The zero-order valence-electron chi connectivity index (χ0n) is 11.4. The summed E-state index contributed by atoms with van der Waals surface area (Å²) in [6.07, 6.45) is 0.634. The largest absolute Gasteiger partial charge is 0.396 e. The Balaban J connectivity index is 2.88. The summed E-state index contributed by atoms with van der Waals surface area (Å²) < 4.78 is 13.8. The Labute approximate surface area is 113 Å². The minimum Gasteiger partial charge on any atom is -0.396 e. The molecule has 0 bridgehead atoms. The molecule has 0 aliphatic heterocycles. The van der Waals surface area contributed by atoms with Gasteiger partial charge in [0.05, 0.1) is 0 Å². The van der Waals surface area contributed by atoms with Crippen LogP contribution in [0, 0.1) is 5.82 Å². The minimum atomic E-state index is -0.562. The summed E-state index contributed by atoms with van der Waals surface area (Å²) in [5.74, 6) is -0.910. The molecule has 0 aliphatic carbocycles. The SMILES string of the molecule is CC(C)N(CCCO)Cc1cc(C(N)=O)ccc1F. The number of nitrogens with two attached hydrogens (primary N) is 1. The molecular weight excluding hydrogens is 247 g/mol. The van der Waals surface area contributed by atoms with Gasteiger partial charge in [-0.05, 0) is 38.5 Å². The van der Waals surface area contributed by atoms with E-state index in [-0.39, 0.29) is 18.5 Å². The smallest absolute Gasteiger partial charge is 0.248 e. The summed E-state index contributed by atoms with van der Waals surface area (Å²) in [7, 11) is 0. The summed E-state index contributed by atoms with van der Waals surface area (Å²) in [5.41, 5.74) is 5.95. The number of amides is 1. The summed E-state index contributed by atoms with van der Waals surface area (Å²) in [5, 5.41) is 8.87. The van der Waals surface area contributed by atoms with E-state index in [9.17, 15) is 9.18 Å². The number of halogens is 1. The third-order valence-electron chi connectivity index (χ3n) is 3.04. The third-order valence-corrected chi connectivity index (χ3v) is 3.04. The fourth-order valence-electron chi connectivity index (χ4n) is 1.86. The number of rotatable bonds is 7. The molecule has 19 heavy (non-hydrogen) atoms. The maximum absolute atomic E-state index is 13.8. The van der Waals surface area contributed by atoms with Gasteiger partial charge in [-0.1, -0.05) is 0 Å². The number of hydrogen-bond acceptors (Lipinski definition) is 3. The Kier molecular flexibility index (Phi) is 5.92. The molecule has 1 aromatic rings. The highest BCUT2D eigenvalue weighted by atomic mass is 19.1. The lowest BCUT2D eigenvalue weighted by atomic mass is 10.1. The second kappa shape index (κ2) is 7.21. The van der Waals surface area contributed by atoms with Crippen molar-refractivity contribution in [2.24, 2.45) is 5.73 Å². The van der Waals surface area contributed by atoms with Crippen LogP contribution in [0.4, 0.5) is 4.39 Å². The van der Waals surface area contributed by atoms with Crippen molar-refractivity contribution in [2.45, 2.75) is 32.9 Å². The molecule has 106 valence electrons. The Morgan fingerprint density at radius 2 is 2.16 bits per heavy atom. The molecule has 1 amide bonds. The summed E-state index contributed by atoms with van der Waals surface area (Å²) in [6.45, 7) is 5.19. The lowest BCUT2D eigenvalue weighted by Crippen LogP contribution is -2.32. The van der Waals surface area contributed by atoms with E-state index in [2.05, 4.69) is 0 Å². The average molecular weight is 268 g/mol. The number of primary amides is 1. The Morgan fingerprint density at radius 1 is 1.47 bits per heavy atom. The van der Waals surface area contributed by atoms with Crippen molar-refractivity contribution < 1.29 is 14.3 Å². The van der Waals surface area contributed by atoms with E-state index in [1.807, 2.05) is 18.7 Å². The van der Waals surface area contributed by atoms with Crippen LogP contribution in [0.1, 0.15) is 36.2 Å². The molecule has 0 aliphatic rings. The molecule has 5 heteroatoms. The van der Waals surface area contributed by atoms with Crippen molar-refractivity contribution in [1.29, 1.82) is 0 Å². The van der Waals surface area contributed by atoms with E-state index < -0.39 is 5.91 Å². The maximum Gasteiger partial charge on any atom is 0.248 e. The first-order valence-electron chi connectivity index (χ1n) is 6.38. The minimum absolute atomic E-state index is 0.104. The molecule has 0 aromatic heterocycles. The lowest BCUT2D eigenvalue weighted by Gasteiger charge is -2.26. The second-order valence-corrected chi connectivity index (χ2v) is 4.81. The van der Waals surface area contributed by atoms with E-state index in [0.717, 1.165) is 0 Å². The molecule has 0 atom stereocenters. The molecule has 3 N–H and O–H groups in total. The van der Waals surface area contributed by atoms with Gasteiger partial charge in [0.15, 0.2) is 0 Å². The zero-order chi connectivity index (χ0) is 14.4. The van der Waals surface area contributed by atoms with E-state index in [4.69, 9.17) is 10.8 Å². The fourth-order valence-corrected chi connectivity index (χ4v) is 1.86. The van der Waals surface area contributed by atoms with Crippen LogP contribution in [0.3, 0.4) is 0 Å². The standard InChI is InChI=1S/C14H21FN2O2/c1-10(2)17(6-3-7-18)9-12-8-11(14(16)19)4-5-13(12)15/h4-5,8,10,18H,3,6-7,9H2,1-2H3,(H2,16,19). The number of nitrogens with zero attached hydrogens (tertiary/aromatic N) is 1. The van der Waals surface area contributed by atoms with E-state index >= 15 is 0 Å². The predicted octanol–water partition coefficient (Wildman–Crippen LogP) is 1.52. The predicted molar refractivity (Wildman–Crippen MR) is 72.2 cm³/mol. The average Bonchev–Trinajstić information content (AvgIpc) is 2.35. The van der Waals surface area contributed by atoms with Gasteiger partial charge >= 0.3 is 0 Å². The van der Waals surface area contributed by atoms with Gasteiger partial charge in [0, 0.05) is 36.9 Å². The molecule has 0 unspecified atom stereocenters. The fraction of sp³-hybridized carbons (Fsp3) is 0.500. The van der Waals surface area contributed by atoms with E-state index in [1.165, 1.54) is 18.2 Å². The van der Waals surface area contributed by atoms with Crippen LogP contribution < -0.4 is 5.73 Å². The third kappa shape index (κ3) is 4.61. The van der Waals surface area contributed by atoms with Gasteiger partial charge in [0.2, 0.25) is 5.91 Å². The van der Waals surface area contributed by atoms with Gasteiger partial charge in [0.1, 0.15) is 5.82 Å². The quantitative estimate of drug-likeness (QED) is 0.788. The first-order chi connectivity index (χ1) is 8.95. The van der Waals surface area contributed by atoms with E-state index in [0.29, 0.717) is 30.6 Å². The molecule has 0 radical (unpaired) electrons. The second-order valence-electron chi connectivity index (χ2n) is 4.81. The monoisotopic (exact) mass is 268 g/mol. The molecule has 1 aromatic carbocycles. The van der Waals surface area contributed by atoms with Crippen LogP contribution in [-0.2, 0) is 6.54 Å². The Hall–Kier alpha value is -1.46. The maximum atomic E-state index is 13.8. The topological polar surface area (TPSA) is 66.6 Å². The molecule has 0 spiro atoms. The Bertz CT molecular complexity index is 435. The lowest BCUT2D eigenvalue weighted by molar-refractivity contribution is 0.1000. The number of benzene rings is 1. The van der Waals surface area contributed by atoms with Crippen LogP contribution >= 0.6 is 0 Å². The number of hydrogen-bond donors (Lipinski definition) is 2. The highest BCUT2D eigenvalue weighted by molar-refractivity contribution is 5.92. The molecule has 0 saturated carbocycles. The first kappa shape index (κ1) is 15.6. The van der Waals surface area contributed by atoms with Gasteiger partial charge < -0.3 is 10.8 Å². The highest BCUT2D eigenvalue weighted by Crippen LogP contribution is 2.15. The molecule has 4 nitrogen and oxygen atoms in total. The molecule has 0 heterocycles. The number of aliphatic hydroxyl groups is 1. The summed E-state index contributed by atoms with van der Waals surface area (Å²) >= 11 is 0. The molecule has 1 rings (SSSR count). The van der Waals surface area contributed by atoms with Gasteiger partial charge in [-0.25, -0.2) is 4.39 Å². The van der Waals surface area contributed by atoms with Crippen LogP contribution in [0.2, 0.25) is 0 Å². The first-order valence-corrected chi connectivity index (χ1v) is 6.38. The summed E-state index contributed by atoms with van der Waals surface area (Å²) in [6, 6.07) is 4.36. The normalized spacial score (nSPS) is 11.3. The zero-order valence-corrected chi connectivity index (χ0v) is 11.4. The van der Waals surface area contributed by atoms with Crippen molar-refractivity contribution >= 4 is 5.91 Å². The van der Waals surface area contributed by atoms with Gasteiger partial charge in [-0.3, -0.25) is 9.69 Å². The van der Waals surface area contributed by atoms with Crippen molar-refractivity contribution in [2.75, 3.05) is 13.2 Å². The van der Waals surface area contributed by atoms with Gasteiger partial charge in [-0.2, -0.15) is 0 Å². The van der Waals surface area contributed by atoms with Gasteiger partial charge in [0.25, 0.3) is 0 Å². The number of aliphatic hydroxyl groups excluding tert-OH is 1. The van der Waals surface area contributed by atoms with Crippen LogP contribution in [0.25, 0.3) is 0 Å². The van der Waals surface area contributed by atoms with Crippen molar-refractivity contribution in [3.63, 3.8) is 0 Å². The Morgan fingerprint density at radius 3 is 2.68 bits per heavy atom.